The quantitative estimate of drug-likeness (QED) is 0.513. The summed E-state index contributed by atoms with van der Waals surface area (Å²) in [5.74, 6) is 2.24. The lowest BCUT2D eigenvalue weighted by Gasteiger charge is -2.19. The number of methoxy groups -OCH3 is 1. The molecule has 0 aliphatic carbocycles. The number of hydrogen-bond acceptors (Lipinski definition) is 4. The number of rotatable bonds is 9. The number of nitrogens with one attached hydrogen (secondary N) is 2. The molecule has 2 aromatic rings. The van der Waals surface area contributed by atoms with E-state index in [1.165, 1.54) is 11.3 Å². The minimum absolute atomic E-state index is 0.0442. The zero-order chi connectivity index (χ0) is 20.4. The van der Waals surface area contributed by atoms with Gasteiger partial charge in [0.15, 0.2) is 17.5 Å². The molecule has 28 heavy (non-hydrogen) atoms. The largest absolute Gasteiger partial charge is 0.493 e. The van der Waals surface area contributed by atoms with Gasteiger partial charge in [-0.2, -0.15) is 0 Å². The van der Waals surface area contributed by atoms with Gasteiger partial charge in [-0.1, -0.05) is 24.3 Å². The average molecular weight is 385 g/mol. The van der Waals surface area contributed by atoms with Gasteiger partial charge in [0, 0.05) is 26.3 Å². The Labute approximate surface area is 168 Å². The van der Waals surface area contributed by atoms with E-state index in [-0.39, 0.29) is 6.10 Å². The summed E-state index contributed by atoms with van der Waals surface area (Å²) in [6, 6.07) is 16.1. The molecule has 152 valence electrons. The molecule has 0 aliphatic heterocycles. The van der Waals surface area contributed by atoms with Crippen molar-refractivity contribution in [3.63, 3.8) is 0 Å². The molecule has 1 unspecified atom stereocenters. The van der Waals surface area contributed by atoms with Crippen molar-refractivity contribution >= 4 is 11.6 Å². The number of para-hydroxylation sites is 2. The second-order valence-corrected chi connectivity index (χ2v) is 6.72. The van der Waals surface area contributed by atoms with E-state index in [2.05, 4.69) is 46.7 Å². The molecule has 0 amide bonds. The molecular formula is C22H32N4O2. The standard InChI is InChI=1S/C22H32N4O2/c1-6-23-22(25-16-18-10-9-11-19(14-18)26(3)4)24-15-17(2)28-21-13-8-7-12-20(21)27-5/h7-14,17H,6,15-16H2,1-5H3,(H2,23,24,25). The lowest BCUT2D eigenvalue weighted by Crippen LogP contribution is -2.41. The molecule has 6 heteroatoms. The molecule has 0 bridgehead atoms. The summed E-state index contributed by atoms with van der Waals surface area (Å²) < 4.78 is 11.3. The van der Waals surface area contributed by atoms with Gasteiger partial charge in [0.2, 0.25) is 0 Å². The Hall–Kier alpha value is -2.89. The molecule has 6 nitrogen and oxygen atoms in total. The van der Waals surface area contributed by atoms with Gasteiger partial charge in [-0.3, -0.25) is 0 Å². The lowest BCUT2D eigenvalue weighted by atomic mass is 10.2. The van der Waals surface area contributed by atoms with Crippen molar-refractivity contribution in [1.29, 1.82) is 0 Å². The van der Waals surface area contributed by atoms with Crippen LogP contribution in [0.3, 0.4) is 0 Å². The summed E-state index contributed by atoms with van der Waals surface area (Å²) in [6.07, 6.45) is -0.0442. The Morgan fingerprint density at radius 3 is 2.50 bits per heavy atom. The lowest BCUT2D eigenvalue weighted by molar-refractivity contribution is 0.213. The van der Waals surface area contributed by atoms with E-state index in [1.54, 1.807) is 7.11 Å². The molecule has 0 spiro atoms. The molecule has 1 atom stereocenters. The average Bonchev–Trinajstić information content (AvgIpc) is 2.70. The number of benzene rings is 2. The summed E-state index contributed by atoms with van der Waals surface area (Å²) in [5, 5.41) is 6.63. The van der Waals surface area contributed by atoms with Crippen LogP contribution in [0.2, 0.25) is 0 Å². The number of guanidine groups is 1. The normalized spacial score (nSPS) is 12.2. The maximum Gasteiger partial charge on any atom is 0.191 e. The predicted octanol–water partition coefficient (Wildman–Crippen LogP) is 3.28. The predicted molar refractivity (Wildman–Crippen MR) is 117 cm³/mol. The fourth-order valence-corrected chi connectivity index (χ4v) is 2.66. The molecule has 0 fully saturated rings. The molecule has 0 radical (unpaired) electrons. The van der Waals surface area contributed by atoms with E-state index in [4.69, 9.17) is 14.5 Å². The van der Waals surface area contributed by atoms with Gasteiger partial charge in [-0.15, -0.1) is 0 Å². The highest BCUT2D eigenvalue weighted by molar-refractivity contribution is 5.79. The SMILES string of the molecule is CCNC(=NCc1cccc(N(C)C)c1)NCC(C)Oc1ccccc1OC. The summed E-state index contributed by atoms with van der Waals surface area (Å²) in [4.78, 5) is 6.78. The van der Waals surface area contributed by atoms with E-state index >= 15 is 0 Å². The fourth-order valence-electron chi connectivity index (χ4n) is 2.66. The van der Waals surface area contributed by atoms with Crippen LogP contribution in [-0.4, -0.2) is 46.4 Å². The van der Waals surface area contributed by atoms with E-state index < -0.39 is 0 Å². The Kier molecular flexibility index (Phi) is 8.46. The van der Waals surface area contributed by atoms with Gasteiger partial charge in [0.1, 0.15) is 6.10 Å². The van der Waals surface area contributed by atoms with Crippen LogP contribution in [0.15, 0.2) is 53.5 Å². The molecule has 0 saturated heterocycles. The zero-order valence-electron chi connectivity index (χ0n) is 17.5. The van der Waals surface area contributed by atoms with Crippen molar-refractivity contribution in [2.24, 2.45) is 4.99 Å². The van der Waals surface area contributed by atoms with Crippen molar-refractivity contribution in [3.05, 3.63) is 54.1 Å². The van der Waals surface area contributed by atoms with E-state index in [9.17, 15) is 0 Å². The number of anilines is 1. The van der Waals surface area contributed by atoms with Gasteiger partial charge in [0.25, 0.3) is 0 Å². The molecule has 2 N–H and O–H groups in total. The van der Waals surface area contributed by atoms with Crippen LogP contribution in [0.1, 0.15) is 19.4 Å². The van der Waals surface area contributed by atoms with E-state index in [0.717, 1.165) is 24.0 Å². The Bertz CT molecular complexity index is 762. The highest BCUT2D eigenvalue weighted by atomic mass is 16.5. The van der Waals surface area contributed by atoms with Gasteiger partial charge >= 0.3 is 0 Å². The van der Waals surface area contributed by atoms with Crippen LogP contribution in [0.25, 0.3) is 0 Å². The first-order valence-electron chi connectivity index (χ1n) is 9.61. The highest BCUT2D eigenvalue weighted by Gasteiger charge is 2.09. The van der Waals surface area contributed by atoms with Crippen LogP contribution in [0.4, 0.5) is 5.69 Å². The molecule has 2 aromatic carbocycles. The summed E-state index contributed by atoms with van der Waals surface area (Å²) in [5.41, 5.74) is 2.34. The zero-order valence-corrected chi connectivity index (χ0v) is 17.5. The maximum atomic E-state index is 5.99. The van der Waals surface area contributed by atoms with Crippen LogP contribution in [-0.2, 0) is 6.54 Å². The molecule has 0 aromatic heterocycles. The number of hydrogen-bond donors (Lipinski definition) is 2. The van der Waals surface area contributed by atoms with Crippen molar-refractivity contribution in [2.45, 2.75) is 26.5 Å². The molecule has 0 aliphatic rings. The number of ether oxygens (including phenoxy) is 2. The van der Waals surface area contributed by atoms with Crippen LogP contribution >= 0.6 is 0 Å². The van der Waals surface area contributed by atoms with Gasteiger partial charge in [-0.25, -0.2) is 4.99 Å². The summed E-state index contributed by atoms with van der Waals surface area (Å²) in [7, 11) is 5.72. The van der Waals surface area contributed by atoms with Crippen molar-refractivity contribution in [1.82, 2.24) is 10.6 Å². The first kappa shape index (κ1) is 21.4. The molecule has 2 rings (SSSR count). The molecule has 0 saturated carbocycles. The minimum atomic E-state index is -0.0442. The van der Waals surface area contributed by atoms with E-state index in [0.29, 0.717) is 13.1 Å². The molecular weight excluding hydrogens is 352 g/mol. The van der Waals surface area contributed by atoms with Crippen LogP contribution < -0.4 is 25.0 Å². The fraction of sp³-hybridized carbons (Fsp3) is 0.409. The van der Waals surface area contributed by atoms with Crippen LogP contribution in [0, 0.1) is 0 Å². The van der Waals surface area contributed by atoms with Crippen molar-refractivity contribution in [3.8, 4) is 11.5 Å². The summed E-state index contributed by atoms with van der Waals surface area (Å²) >= 11 is 0. The Balaban J connectivity index is 1.94. The second kappa shape index (κ2) is 11.1. The first-order chi connectivity index (χ1) is 13.5. The first-order valence-corrected chi connectivity index (χ1v) is 9.61. The van der Waals surface area contributed by atoms with Crippen molar-refractivity contribution in [2.75, 3.05) is 39.2 Å². The summed E-state index contributed by atoms with van der Waals surface area (Å²) in [6.45, 7) is 6.11. The number of aliphatic imine (C=N–C) groups is 1. The third kappa shape index (κ3) is 6.68. The monoisotopic (exact) mass is 384 g/mol. The van der Waals surface area contributed by atoms with Gasteiger partial charge in [0.05, 0.1) is 20.2 Å². The third-order valence-electron chi connectivity index (χ3n) is 4.15. The molecule has 0 heterocycles. The number of nitrogens with zero attached hydrogens (tertiary/aromatic N) is 2. The Morgan fingerprint density at radius 2 is 1.82 bits per heavy atom. The highest BCUT2D eigenvalue weighted by Crippen LogP contribution is 2.26. The topological polar surface area (TPSA) is 58.1 Å². The third-order valence-corrected chi connectivity index (χ3v) is 4.15. The van der Waals surface area contributed by atoms with Gasteiger partial charge in [-0.05, 0) is 43.7 Å². The van der Waals surface area contributed by atoms with E-state index in [1.807, 2.05) is 45.3 Å². The maximum absolute atomic E-state index is 5.99. The van der Waals surface area contributed by atoms with Crippen molar-refractivity contribution < 1.29 is 9.47 Å². The smallest absolute Gasteiger partial charge is 0.191 e. The Morgan fingerprint density at radius 1 is 1.07 bits per heavy atom. The minimum Gasteiger partial charge on any atom is -0.493 e. The van der Waals surface area contributed by atoms with Crippen LogP contribution in [0.5, 0.6) is 11.5 Å². The second-order valence-electron chi connectivity index (χ2n) is 6.72. The van der Waals surface area contributed by atoms with Gasteiger partial charge < -0.3 is 25.0 Å².